The molecule has 0 spiro atoms. The van der Waals surface area contributed by atoms with Crippen molar-refractivity contribution in [3.8, 4) is 16.9 Å². The lowest BCUT2D eigenvalue weighted by atomic mass is 9.93. The molecule has 0 unspecified atom stereocenters. The minimum atomic E-state index is -1.24. The highest BCUT2D eigenvalue weighted by Crippen LogP contribution is 2.29. The lowest BCUT2D eigenvalue weighted by molar-refractivity contribution is 0.0652. The first-order valence-corrected chi connectivity index (χ1v) is 11.9. The average molecular weight is 527 g/mol. The molecule has 4 aromatic rings. The molecule has 0 heterocycles. The number of carboxylic acids is 3. The van der Waals surface area contributed by atoms with E-state index < -0.39 is 23.9 Å². The van der Waals surface area contributed by atoms with Crippen molar-refractivity contribution in [2.24, 2.45) is 0 Å². The molecule has 0 atom stereocenters. The van der Waals surface area contributed by atoms with Crippen LogP contribution in [0.1, 0.15) is 59.5 Å². The van der Waals surface area contributed by atoms with Crippen molar-refractivity contribution in [1.82, 2.24) is 0 Å². The Kier molecular flexibility index (Phi) is 9.32. The monoisotopic (exact) mass is 526 g/mol. The van der Waals surface area contributed by atoms with Gasteiger partial charge in [0.2, 0.25) is 0 Å². The predicted molar refractivity (Wildman–Crippen MR) is 145 cm³/mol. The van der Waals surface area contributed by atoms with Crippen LogP contribution >= 0.6 is 0 Å². The van der Waals surface area contributed by atoms with Crippen LogP contribution in [0, 0.1) is 6.92 Å². The quantitative estimate of drug-likeness (QED) is 0.190. The fourth-order valence-electron chi connectivity index (χ4n) is 4.07. The van der Waals surface area contributed by atoms with Gasteiger partial charge in [-0.3, -0.25) is 0 Å². The number of hydrogen-bond acceptors (Lipinski definition) is 5. The van der Waals surface area contributed by atoms with Gasteiger partial charge < -0.3 is 20.1 Å². The maximum atomic E-state index is 12.2. The number of ether oxygens (including phenoxy) is 1. The first kappa shape index (κ1) is 28.3. The Balaban J connectivity index is 0.000000216. The van der Waals surface area contributed by atoms with Gasteiger partial charge in [0.25, 0.3) is 0 Å². The maximum Gasteiger partial charge on any atom is 0.343 e. The first-order chi connectivity index (χ1) is 18.6. The van der Waals surface area contributed by atoms with Crippen LogP contribution in [-0.2, 0) is 6.42 Å². The third-order valence-corrected chi connectivity index (χ3v) is 5.88. The van der Waals surface area contributed by atoms with Crippen molar-refractivity contribution in [1.29, 1.82) is 0 Å². The number of aromatic carboxylic acids is 3. The van der Waals surface area contributed by atoms with E-state index in [4.69, 9.17) is 14.9 Å². The van der Waals surface area contributed by atoms with Crippen molar-refractivity contribution >= 4 is 23.9 Å². The molecule has 0 aliphatic carbocycles. The zero-order valence-electron chi connectivity index (χ0n) is 21.3. The van der Waals surface area contributed by atoms with Gasteiger partial charge in [-0.25, -0.2) is 19.2 Å². The van der Waals surface area contributed by atoms with Gasteiger partial charge in [0.15, 0.2) is 0 Å². The summed E-state index contributed by atoms with van der Waals surface area (Å²) in [4.78, 5) is 45.8. The van der Waals surface area contributed by atoms with E-state index in [2.05, 4.69) is 0 Å². The van der Waals surface area contributed by atoms with Crippen LogP contribution in [0.15, 0.2) is 91.0 Å². The second-order valence-corrected chi connectivity index (χ2v) is 8.35. The van der Waals surface area contributed by atoms with Crippen LogP contribution in [0.3, 0.4) is 0 Å². The summed E-state index contributed by atoms with van der Waals surface area (Å²) in [5, 5.41) is 27.5. The molecule has 0 aromatic heterocycles. The SMILES string of the molecule is CCc1c(C(=O)O)cccc1C(=O)Oc1ccccc1.Cc1ccccc1-c1cccc(C(=O)O)c1C(=O)O. The molecular weight excluding hydrogens is 500 g/mol. The molecule has 198 valence electrons. The van der Waals surface area contributed by atoms with Gasteiger partial charge in [-0.15, -0.1) is 0 Å². The molecule has 0 bridgehead atoms. The van der Waals surface area contributed by atoms with Crippen molar-refractivity contribution < 1.29 is 39.2 Å². The maximum absolute atomic E-state index is 12.2. The Morgan fingerprint density at radius 3 is 1.74 bits per heavy atom. The van der Waals surface area contributed by atoms with Gasteiger partial charge in [0, 0.05) is 0 Å². The summed E-state index contributed by atoms with van der Waals surface area (Å²) in [6.07, 6.45) is 0.446. The number of rotatable bonds is 7. The largest absolute Gasteiger partial charge is 0.478 e. The number of carbonyl (C=O) groups excluding carboxylic acids is 1. The minimum Gasteiger partial charge on any atom is -0.478 e. The number of para-hydroxylation sites is 1. The van der Waals surface area contributed by atoms with E-state index >= 15 is 0 Å². The van der Waals surface area contributed by atoms with Gasteiger partial charge in [0.1, 0.15) is 5.75 Å². The Bertz CT molecular complexity index is 1520. The van der Waals surface area contributed by atoms with Crippen molar-refractivity contribution in [3.05, 3.63) is 124 Å². The van der Waals surface area contributed by atoms with Crippen LogP contribution in [0.5, 0.6) is 5.75 Å². The fourth-order valence-corrected chi connectivity index (χ4v) is 4.07. The molecule has 4 aromatic carbocycles. The highest BCUT2D eigenvalue weighted by atomic mass is 16.5. The first-order valence-electron chi connectivity index (χ1n) is 11.9. The van der Waals surface area contributed by atoms with Crippen molar-refractivity contribution in [2.75, 3.05) is 0 Å². The lowest BCUT2D eigenvalue weighted by Gasteiger charge is -2.11. The smallest absolute Gasteiger partial charge is 0.343 e. The number of esters is 1. The van der Waals surface area contributed by atoms with E-state index in [1.165, 1.54) is 12.1 Å². The normalized spacial score (nSPS) is 10.1. The average Bonchev–Trinajstić information content (AvgIpc) is 2.93. The van der Waals surface area contributed by atoms with E-state index in [9.17, 15) is 24.3 Å². The van der Waals surface area contributed by atoms with Crippen LogP contribution in [0.2, 0.25) is 0 Å². The minimum absolute atomic E-state index is 0.134. The van der Waals surface area contributed by atoms with E-state index in [1.54, 1.807) is 67.6 Å². The number of carboxylic acid groups (broad SMARTS) is 3. The van der Waals surface area contributed by atoms with E-state index in [0.717, 1.165) is 11.1 Å². The highest BCUT2D eigenvalue weighted by molar-refractivity contribution is 6.06. The summed E-state index contributed by atoms with van der Waals surface area (Å²) in [5.41, 5.74) is 2.57. The van der Waals surface area contributed by atoms with E-state index in [0.29, 0.717) is 23.3 Å². The van der Waals surface area contributed by atoms with Gasteiger partial charge in [-0.2, -0.15) is 0 Å². The molecule has 3 N–H and O–H groups in total. The van der Waals surface area contributed by atoms with Gasteiger partial charge in [-0.05, 0) is 65.9 Å². The zero-order valence-corrected chi connectivity index (χ0v) is 21.3. The van der Waals surface area contributed by atoms with Gasteiger partial charge in [-0.1, -0.05) is 67.6 Å². The van der Waals surface area contributed by atoms with Crippen LogP contribution < -0.4 is 4.74 Å². The Morgan fingerprint density at radius 2 is 1.15 bits per heavy atom. The molecule has 0 saturated carbocycles. The Labute approximate surface area is 224 Å². The summed E-state index contributed by atoms with van der Waals surface area (Å²) < 4.78 is 5.25. The molecule has 39 heavy (non-hydrogen) atoms. The summed E-state index contributed by atoms with van der Waals surface area (Å²) in [7, 11) is 0. The van der Waals surface area contributed by atoms with Crippen LogP contribution in [0.25, 0.3) is 11.1 Å². The molecule has 0 aliphatic rings. The molecule has 0 saturated heterocycles. The summed E-state index contributed by atoms with van der Waals surface area (Å²) in [6.45, 7) is 3.66. The standard InChI is InChI=1S/C16H14O4.C15H12O4/c1-2-12-13(15(17)18)9-6-10-14(12)16(19)20-11-7-4-3-5-8-11;1-9-5-2-3-6-10(9)11-7-4-8-12(14(16)17)13(11)15(18)19/h3-10H,2H2,1H3,(H,17,18);2-8H,1H3,(H,16,17)(H,18,19). The molecule has 8 heteroatoms. The molecule has 4 rings (SSSR count). The molecule has 0 amide bonds. The van der Waals surface area contributed by atoms with Crippen LogP contribution in [-0.4, -0.2) is 39.2 Å². The summed E-state index contributed by atoms with van der Waals surface area (Å²) in [5.74, 6) is -3.64. The molecule has 0 aliphatic heterocycles. The fraction of sp³-hybridized carbons (Fsp3) is 0.0968. The van der Waals surface area contributed by atoms with E-state index in [-0.39, 0.29) is 22.3 Å². The second-order valence-electron chi connectivity index (χ2n) is 8.35. The number of benzene rings is 4. The van der Waals surface area contributed by atoms with Crippen molar-refractivity contribution in [3.63, 3.8) is 0 Å². The Hall–Kier alpha value is -5.24. The lowest BCUT2D eigenvalue weighted by Crippen LogP contribution is -2.14. The topological polar surface area (TPSA) is 138 Å². The molecule has 0 fully saturated rings. The third kappa shape index (κ3) is 6.75. The number of carbonyl (C=O) groups is 4. The zero-order chi connectivity index (χ0) is 28.5. The molecule has 8 nitrogen and oxygen atoms in total. The summed E-state index contributed by atoms with van der Waals surface area (Å²) >= 11 is 0. The highest BCUT2D eigenvalue weighted by Gasteiger charge is 2.21. The molecular formula is C31H26O8. The van der Waals surface area contributed by atoms with Gasteiger partial charge >= 0.3 is 23.9 Å². The Morgan fingerprint density at radius 1 is 0.615 bits per heavy atom. The van der Waals surface area contributed by atoms with E-state index in [1.807, 2.05) is 25.1 Å². The third-order valence-electron chi connectivity index (χ3n) is 5.88. The summed E-state index contributed by atoms with van der Waals surface area (Å²) in [6, 6.07) is 25.0. The second kappa shape index (κ2) is 12.8. The number of hydrogen-bond donors (Lipinski definition) is 3. The molecule has 0 radical (unpaired) electrons. The predicted octanol–water partition coefficient (Wildman–Crippen LogP) is 6.22. The van der Waals surface area contributed by atoms with Gasteiger partial charge in [0.05, 0.1) is 22.3 Å². The van der Waals surface area contributed by atoms with Crippen LogP contribution in [0.4, 0.5) is 0 Å². The number of aryl methyl sites for hydroxylation is 1. The van der Waals surface area contributed by atoms with Crippen molar-refractivity contribution in [2.45, 2.75) is 20.3 Å².